The number of aliphatic hydroxyl groups is 1. The van der Waals surface area contributed by atoms with Crippen molar-refractivity contribution in [1.29, 1.82) is 0 Å². The molecule has 0 radical (unpaired) electrons. The predicted octanol–water partition coefficient (Wildman–Crippen LogP) is 2.60. The molecule has 1 unspecified atom stereocenters. The minimum Gasteiger partial charge on any atom is -0.478 e. The molecule has 18 heavy (non-hydrogen) atoms. The lowest BCUT2D eigenvalue weighted by Crippen LogP contribution is -2.15. The molecule has 1 aromatic rings. The number of aromatic carboxylic acids is 1. The lowest BCUT2D eigenvalue weighted by atomic mass is 10.00. The van der Waals surface area contributed by atoms with Crippen molar-refractivity contribution in [2.24, 2.45) is 5.92 Å². The van der Waals surface area contributed by atoms with Gasteiger partial charge in [-0.3, -0.25) is 0 Å². The second-order valence-corrected chi connectivity index (χ2v) is 4.43. The zero-order valence-electron chi connectivity index (χ0n) is 10.7. The molecule has 0 saturated heterocycles. The number of carboxylic acids is 1. The molecule has 0 amide bonds. The Labute approximate surface area is 108 Å². The molecule has 1 aromatic carbocycles. The highest BCUT2D eigenvalue weighted by Gasteiger charge is 2.08. The van der Waals surface area contributed by atoms with Crippen LogP contribution in [0.4, 0.5) is 5.69 Å². The van der Waals surface area contributed by atoms with Crippen molar-refractivity contribution >= 4 is 11.7 Å². The van der Waals surface area contributed by atoms with Gasteiger partial charge in [-0.1, -0.05) is 19.4 Å². The summed E-state index contributed by atoms with van der Waals surface area (Å²) in [6, 6.07) is 6.79. The first kappa shape index (κ1) is 14.5. The molecule has 0 spiro atoms. The molecular weight excluding hydrogens is 230 g/mol. The van der Waals surface area contributed by atoms with Crippen molar-refractivity contribution in [3.05, 3.63) is 29.8 Å². The SMILES string of the molecule is CCCC(CCO)CNc1cccc(C(=O)O)c1. The normalized spacial score (nSPS) is 12.1. The van der Waals surface area contributed by atoms with E-state index in [0.29, 0.717) is 5.92 Å². The third-order valence-corrected chi connectivity index (χ3v) is 2.94. The lowest BCUT2D eigenvalue weighted by molar-refractivity contribution is 0.0697. The molecule has 4 heteroatoms. The van der Waals surface area contributed by atoms with Crippen molar-refractivity contribution in [3.63, 3.8) is 0 Å². The first-order valence-corrected chi connectivity index (χ1v) is 6.35. The van der Waals surface area contributed by atoms with Gasteiger partial charge in [0.15, 0.2) is 0 Å². The Bertz CT molecular complexity index is 373. The molecule has 0 bridgehead atoms. The number of rotatable bonds is 8. The third kappa shape index (κ3) is 4.75. The molecule has 0 saturated carbocycles. The minimum absolute atomic E-state index is 0.196. The number of carbonyl (C=O) groups is 1. The molecule has 1 rings (SSSR count). The van der Waals surface area contributed by atoms with Gasteiger partial charge in [0.25, 0.3) is 0 Å². The summed E-state index contributed by atoms with van der Waals surface area (Å²) in [6.45, 7) is 3.08. The maximum Gasteiger partial charge on any atom is 0.335 e. The van der Waals surface area contributed by atoms with Crippen LogP contribution in [0.2, 0.25) is 0 Å². The van der Waals surface area contributed by atoms with E-state index in [1.165, 1.54) is 0 Å². The molecule has 4 nitrogen and oxygen atoms in total. The summed E-state index contributed by atoms with van der Waals surface area (Å²) < 4.78 is 0. The van der Waals surface area contributed by atoms with Crippen LogP contribution < -0.4 is 5.32 Å². The summed E-state index contributed by atoms with van der Waals surface area (Å²) in [7, 11) is 0. The Hall–Kier alpha value is -1.55. The minimum atomic E-state index is -0.917. The fraction of sp³-hybridized carbons (Fsp3) is 0.500. The van der Waals surface area contributed by atoms with Gasteiger partial charge in [-0.2, -0.15) is 0 Å². The lowest BCUT2D eigenvalue weighted by Gasteiger charge is -2.16. The van der Waals surface area contributed by atoms with Gasteiger partial charge in [0.05, 0.1) is 5.56 Å². The van der Waals surface area contributed by atoms with Crippen LogP contribution in [0.3, 0.4) is 0 Å². The van der Waals surface area contributed by atoms with Crippen LogP contribution in [0.15, 0.2) is 24.3 Å². The summed E-state index contributed by atoms with van der Waals surface area (Å²) in [4.78, 5) is 10.8. The Kier molecular flexibility index (Phi) is 6.22. The zero-order chi connectivity index (χ0) is 13.4. The van der Waals surface area contributed by atoms with Crippen LogP contribution in [0.5, 0.6) is 0 Å². The highest BCUT2D eigenvalue weighted by molar-refractivity contribution is 5.88. The van der Waals surface area contributed by atoms with Crippen molar-refractivity contribution < 1.29 is 15.0 Å². The molecule has 0 heterocycles. The quantitative estimate of drug-likeness (QED) is 0.664. The van der Waals surface area contributed by atoms with Gasteiger partial charge in [-0.05, 0) is 37.0 Å². The second kappa shape index (κ2) is 7.71. The Morgan fingerprint density at radius 2 is 2.17 bits per heavy atom. The largest absolute Gasteiger partial charge is 0.478 e. The molecule has 0 aliphatic rings. The van der Waals surface area contributed by atoms with Gasteiger partial charge in [0.1, 0.15) is 0 Å². The summed E-state index contributed by atoms with van der Waals surface area (Å²) in [6.07, 6.45) is 2.92. The van der Waals surface area contributed by atoms with E-state index in [1.807, 2.05) is 6.07 Å². The van der Waals surface area contributed by atoms with Crippen molar-refractivity contribution in [2.45, 2.75) is 26.2 Å². The van der Waals surface area contributed by atoms with E-state index in [0.717, 1.165) is 31.5 Å². The summed E-state index contributed by atoms with van der Waals surface area (Å²) >= 11 is 0. The maximum atomic E-state index is 10.8. The standard InChI is InChI=1S/C14H21NO3/c1-2-4-11(7-8-16)10-15-13-6-3-5-12(9-13)14(17)18/h3,5-6,9,11,15-16H,2,4,7-8,10H2,1H3,(H,17,18). The van der Waals surface area contributed by atoms with E-state index in [1.54, 1.807) is 18.2 Å². The van der Waals surface area contributed by atoms with Crippen LogP contribution in [-0.2, 0) is 0 Å². The molecule has 1 atom stereocenters. The first-order chi connectivity index (χ1) is 8.67. The first-order valence-electron chi connectivity index (χ1n) is 6.35. The topological polar surface area (TPSA) is 69.6 Å². The summed E-state index contributed by atoms with van der Waals surface area (Å²) in [5.41, 5.74) is 1.10. The number of hydrogen-bond acceptors (Lipinski definition) is 3. The van der Waals surface area contributed by atoms with Crippen LogP contribution in [-0.4, -0.2) is 29.3 Å². The second-order valence-electron chi connectivity index (χ2n) is 4.43. The van der Waals surface area contributed by atoms with E-state index in [2.05, 4.69) is 12.2 Å². The van der Waals surface area contributed by atoms with Gasteiger partial charge in [-0.25, -0.2) is 4.79 Å². The number of carboxylic acid groups (broad SMARTS) is 1. The van der Waals surface area contributed by atoms with E-state index >= 15 is 0 Å². The van der Waals surface area contributed by atoms with Crippen molar-refractivity contribution in [3.8, 4) is 0 Å². The Morgan fingerprint density at radius 3 is 2.78 bits per heavy atom. The average molecular weight is 251 g/mol. The summed E-state index contributed by atoms with van der Waals surface area (Å²) in [5.74, 6) is -0.493. The number of hydrogen-bond donors (Lipinski definition) is 3. The molecular formula is C14H21NO3. The average Bonchev–Trinajstić information content (AvgIpc) is 2.37. The predicted molar refractivity (Wildman–Crippen MR) is 72.0 cm³/mol. The maximum absolute atomic E-state index is 10.8. The van der Waals surface area contributed by atoms with Crippen molar-refractivity contribution in [2.75, 3.05) is 18.5 Å². The van der Waals surface area contributed by atoms with E-state index < -0.39 is 5.97 Å². The van der Waals surface area contributed by atoms with Gasteiger partial charge >= 0.3 is 5.97 Å². The molecule has 0 aromatic heterocycles. The van der Waals surface area contributed by atoms with E-state index in [9.17, 15) is 4.79 Å². The summed E-state index contributed by atoms with van der Waals surface area (Å²) in [5, 5.41) is 21.1. The van der Waals surface area contributed by atoms with Crippen LogP contribution in [0.25, 0.3) is 0 Å². The van der Waals surface area contributed by atoms with E-state index in [-0.39, 0.29) is 12.2 Å². The Balaban J connectivity index is 2.55. The monoisotopic (exact) mass is 251 g/mol. The number of benzene rings is 1. The van der Waals surface area contributed by atoms with Crippen LogP contribution in [0, 0.1) is 5.92 Å². The molecule has 0 aliphatic carbocycles. The van der Waals surface area contributed by atoms with Gasteiger partial charge < -0.3 is 15.5 Å². The zero-order valence-corrected chi connectivity index (χ0v) is 10.7. The molecule has 3 N–H and O–H groups in total. The fourth-order valence-electron chi connectivity index (χ4n) is 1.96. The number of anilines is 1. The molecule has 100 valence electrons. The fourth-order valence-corrected chi connectivity index (χ4v) is 1.96. The van der Waals surface area contributed by atoms with Gasteiger partial charge in [0, 0.05) is 18.8 Å². The highest BCUT2D eigenvalue weighted by atomic mass is 16.4. The van der Waals surface area contributed by atoms with Gasteiger partial charge in [0.2, 0.25) is 0 Å². The van der Waals surface area contributed by atoms with Crippen LogP contribution >= 0.6 is 0 Å². The Morgan fingerprint density at radius 1 is 1.39 bits per heavy atom. The number of aliphatic hydroxyl groups excluding tert-OH is 1. The number of nitrogens with one attached hydrogen (secondary N) is 1. The van der Waals surface area contributed by atoms with Crippen molar-refractivity contribution in [1.82, 2.24) is 0 Å². The highest BCUT2D eigenvalue weighted by Crippen LogP contribution is 2.15. The van der Waals surface area contributed by atoms with Crippen LogP contribution in [0.1, 0.15) is 36.5 Å². The molecule has 0 fully saturated rings. The molecule has 0 aliphatic heterocycles. The van der Waals surface area contributed by atoms with E-state index in [4.69, 9.17) is 10.2 Å². The smallest absolute Gasteiger partial charge is 0.335 e. The van der Waals surface area contributed by atoms with Gasteiger partial charge in [-0.15, -0.1) is 0 Å². The third-order valence-electron chi connectivity index (χ3n) is 2.94.